The molecular weight excluding hydrogens is 266 g/mol. The molecule has 2 heterocycles. The van der Waals surface area contributed by atoms with Gasteiger partial charge in [0.25, 0.3) is 0 Å². The number of aromatic nitrogens is 2. The summed E-state index contributed by atoms with van der Waals surface area (Å²) in [5.74, 6) is -0.555. The SMILES string of the molecule is CCNc1nnc(CN2CC(=O)NC(=O)C2(C)C)s1. The number of imide groups is 1. The number of nitrogens with one attached hydrogen (secondary N) is 2. The van der Waals surface area contributed by atoms with Crippen molar-refractivity contribution in [1.82, 2.24) is 20.4 Å². The van der Waals surface area contributed by atoms with Crippen LogP contribution in [-0.4, -0.2) is 45.5 Å². The molecule has 2 amide bonds. The highest BCUT2D eigenvalue weighted by Gasteiger charge is 2.41. The lowest BCUT2D eigenvalue weighted by molar-refractivity contribution is -0.145. The van der Waals surface area contributed by atoms with Gasteiger partial charge in [-0.1, -0.05) is 11.3 Å². The first kappa shape index (κ1) is 13.9. The molecule has 2 N–H and O–H groups in total. The standard InChI is InChI=1S/C11H17N5O2S/c1-4-12-10-15-14-8(19-10)6-16-5-7(17)13-9(18)11(16,2)3/h4-6H2,1-3H3,(H,12,15)(H,13,17,18). The minimum atomic E-state index is -0.724. The molecule has 8 heteroatoms. The van der Waals surface area contributed by atoms with E-state index < -0.39 is 5.54 Å². The van der Waals surface area contributed by atoms with E-state index in [1.807, 2.05) is 11.8 Å². The molecule has 1 fully saturated rings. The number of carbonyl (C=O) groups excluding carboxylic acids is 2. The van der Waals surface area contributed by atoms with Crippen LogP contribution < -0.4 is 10.6 Å². The first-order chi connectivity index (χ1) is 8.93. The third-order valence-electron chi connectivity index (χ3n) is 3.05. The van der Waals surface area contributed by atoms with Gasteiger partial charge in [-0.15, -0.1) is 10.2 Å². The van der Waals surface area contributed by atoms with Gasteiger partial charge < -0.3 is 5.32 Å². The molecule has 0 bridgehead atoms. The second-order valence-electron chi connectivity index (χ2n) is 4.82. The van der Waals surface area contributed by atoms with Gasteiger partial charge in [-0.2, -0.15) is 0 Å². The molecule has 0 radical (unpaired) electrons. The Labute approximate surface area is 115 Å². The quantitative estimate of drug-likeness (QED) is 0.768. The first-order valence-electron chi connectivity index (χ1n) is 6.09. The summed E-state index contributed by atoms with van der Waals surface area (Å²) in [5.41, 5.74) is -0.724. The molecule has 1 saturated heterocycles. The Kier molecular flexibility index (Phi) is 3.81. The van der Waals surface area contributed by atoms with Gasteiger partial charge in [0.15, 0.2) is 0 Å². The average Bonchev–Trinajstić information content (AvgIpc) is 2.74. The van der Waals surface area contributed by atoms with Gasteiger partial charge in [-0.3, -0.25) is 19.8 Å². The largest absolute Gasteiger partial charge is 0.360 e. The van der Waals surface area contributed by atoms with Gasteiger partial charge in [-0.25, -0.2) is 0 Å². The highest BCUT2D eigenvalue weighted by Crippen LogP contribution is 2.23. The second kappa shape index (κ2) is 5.22. The molecule has 104 valence electrons. The highest BCUT2D eigenvalue weighted by atomic mass is 32.1. The van der Waals surface area contributed by atoms with Crippen molar-refractivity contribution >= 4 is 28.3 Å². The fourth-order valence-electron chi connectivity index (χ4n) is 1.79. The van der Waals surface area contributed by atoms with E-state index >= 15 is 0 Å². The van der Waals surface area contributed by atoms with E-state index in [9.17, 15) is 9.59 Å². The van der Waals surface area contributed by atoms with E-state index in [1.165, 1.54) is 11.3 Å². The minimum Gasteiger partial charge on any atom is -0.360 e. The molecule has 0 unspecified atom stereocenters. The van der Waals surface area contributed by atoms with E-state index in [1.54, 1.807) is 13.8 Å². The molecule has 0 spiro atoms. The molecule has 0 saturated carbocycles. The Morgan fingerprint density at radius 1 is 1.42 bits per heavy atom. The molecule has 0 aliphatic carbocycles. The maximum absolute atomic E-state index is 11.8. The molecule has 1 aliphatic rings. The maximum Gasteiger partial charge on any atom is 0.246 e. The summed E-state index contributed by atoms with van der Waals surface area (Å²) in [6.07, 6.45) is 0. The number of hydrogen-bond donors (Lipinski definition) is 2. The second-order valence-corrected chi connectivity index (χ2v) is 5.89. The third kappa shape index (κ3) is 2.90. The predicted octanol–water partition coefficient (Wildman–Crippen LogP) is 0.207. The zero-order chi connectivity index (χ0) is 14.0. The number of amides is 2. The lowest BCUT2D eigenvalue weighted by Crippen LogP contribution is -2.63. The van der Waals surface area contributed by atoms with Gasteiger partial charge in [-0.05, 0) is 20.8 Å². The Hall–Kier alpha value is -1.54. The van der Waals surface area contributed by atoms with E-state index in [4.69, 9.17) is 0 Å². The number of nitrogens with zero attached hydrogens (tertiary/aromatic N) is 3. The van der Waals surface area contributed by atoms with E-state index in [0.29, 0.717) is 6.54 Å². The molecule has 1 aromatic heterocycles. The monoisotopic (exact) mass is 283 g/mol. The number of anilines is 1. The van der Waals surface area contributed by atoms with Gasteiger partial charge in [0.2, 0.25) is 16.9 Å². The van der Waals surface area contributed by atoms with Crippen molar-refractivity contribution in [2.45, 2.75) is 32.9 Å². The van der Waals surface area contributed by atoms with Gasteiger partial charge >= 0.3 is 0 Å². The fourth-order valence-corrected chi connectivity index (χ4v) is 2.61. The van der Waals surface area contributed by atoms with Crippen molar-refractivity contribution in [1.29, 1.82) is 0 Å². The van der Waals surface area contributed by atoms with Gasteiger partial charge in [0.05, 0.1) is 18.6 Å². The molecule has 7 nitrogen and oxygen atoms in total. The Morgan fingerprint density at radius 3 is 2.84 bits per heavy atom. The summed E-state index contributed by atoms with van der Waals surface area (Å²) in [6.45, 7) is 6.98. The van der Waals surface area contributed by atoms with Crippen molar-refractivity contribution in [2.24, 2.45) is 0 Å². The number of carbonyl (C=O) groups is 2. The zero-order valence-electron chi connectivity index (χ0n) is 11.2. The maximum atomic E-state index is 11.8. The van der Waals surface area contributed by atoms with E-state index in [0.717, 1.165) is 16.7 Å². The Bertz CT molecular complexity index is 499. The summed E-state index contributed by atoms with van der Waals surface area (Å²) in [5, 5.41) is 15.0. The van der Waals surface area contributed by atoms with Crippen LogP contribution in [0.5, 0.6) is 0 Å². The van der Waals surface area contributed by atoms with Crippen LogP contribution in [0, 0.1) is 0 Å². The van der Waals surface area contributed by atoms with Crippen molar-refractivity contribution in [3.05, 3.63) is 5.01 Å². The smallest absolute Gasteiger partial charge is 0.246 e. The topological polar surface area (TPSA) is 87.2 Å². The summed E-state index contributed by atoms with van der Waals surface area (Å²) in [6, 6.07) is 0. The van der Waals surface area contributed by atoms with Crippen molar-refractivity contribution in [3.8, 4) is 0 Å². The molecule has 0 aromatic carbocycles. The Balaban J connectivity index is 2.11. The van der Waals surface area contributed by atoms with Crippen LogP contribution in [-0.2, 0) is 16.1 Å². The van der Waals surface area contributed by atoms with Crippen LogP contribution in [0.4, 0.5) is 5.13 Å². The molecule has 2 rings (SSSR count). The summed E-state index contributed by atoms with van der Waals surface area (Å²) in [7, 11) is 0. The van der Waals surface area contributed by atoms with Crippen LogP contribution in [0.3, 0.4) is 0 Å². The molecule has 0 atom stereocenters. The van der Waals surface area contributed by atoms with Gasteiger partial charge in [0.1, 0.15) is 5.01 Å². The predicted molar refractivity (Wildman–Crippen MR) is 71.7 cm³/mol. The van der Waals surface area contributed by atoms with Gasteiger partial charge in [0, 0.05) is 6.54 Å². The van der Waals surface area contributed by atoms with Crippen molar-refractivity contribution in [3.63, 3.8) is 0 Å². The van der Waals surface area contributed by atoms with E-state index in [-0.39, 0.29) is 18.4 Å². The minimum absolute atomic E-state index is 0.189. The highest BCUT2D eigenvalue weighted by molar-refractivity contribution is 7.15. The molecule has 19 heavy (non-hydrogen) atoms. The number of rotatable bonds is 4. The number of hydrogen-bond acceptors (Lipinski definition) is 7. The average molecular weight is 283 g/mol. The van der Waals surface area contributed by atoms with E-state index in [2.05, 4.69) is 20.8 Å². The Morgan fingerprint density at radius 2 is 2.16 bits per heavy atom. The van der Waals surface area contributed by atoms with Crippen LogP contribution in [0.15, 0.2) is 0 Å². The molecule has 1 aliphatic heterocycles. The van der Waals surface area contributed by atoms with Crippen molar-refractivity contribution in [2.75, 3.05) is 18.4 Å². The van der Waals surface area contributed by atoms with Crippen LogP contribution in [0.25, 0.3) is 0 Å². The van der Waals surface area contributed by atoms with Crippen LogP contribution in [0.2, 0.25) is 0 Å². The summed E-state index contributed by atoms with van der Waals surface area (Å²) >= 11 is 1.44. The summed E-state index contributed by atoms with van der Waals surface area (Å²) in [4.78, 5) is 25.1. The summed E-state index contributed by atoms with van der Waals surface area (Å²) < 4.78 is 0. The zero-order valence-corrected chi connectivity index (χ0v) is 12.0. The lowest BCUT2D eigenvalue weighted by Gasteiger charge is -2.39. The number of piperazine rings is 1. The van der Waals surface area contributed by atoms with Crippen molar-refractivity contribution < 1.29 is 9.59 Å². The van der Waals surface area contributed by atoms with Crippen LogP contribution in [0.1, 0.15) is 25.8 Å². The first-order valence-corrected chi connectivity index (χ1v) is 6.90. The lowest BCUT2D eigenvalue weighted by atomic mass is 9.99. The fraction of sp³-hybridized carbons (Fsp3) is 0.636. The molecular formula is C11H17N5O2S. The normalized spacial score (nSPS) is 19.3. The van der Waals surface area contributed by atoms with Crippen LogP contribution >= 0.6 is 11.3 Å². The molecule has 1 aromatic rings. The third-order valence-corrected chi connectivity index (χ3v) is 3.92.